The Morgan fingerprint density at radius 1 is 0.779 bits per heavy atom. The lowest BCUT2D eigenvalue weighted by Gasteiger charge is -2.43. The van der Waals surface area contributed by atoms with Crippen LogP contribution >= 0.6 is 0 Å². The number of alkyl carbamates (subject to hydrolysis) is 1. The van der Waals surface area contributed by atoms with Gasteiger partial charge in [-0.05, 0) is 58.0 Å². The third-order valence-electron chi connectivity index (χ3n) is 11.9. The van der Waals surface area contributed by atoms with E-state index in [2.05, 4.69) is 10.6 Å². The second-order valence-corrected chi connectivity index (χ2v) is 17.2. The van der Waals surface area contributed by atoms with Crippen molar-refractivity contribution in [1.29, 1.82) is 0 Å². The molecule has 0 aromatic heterocycles. The number of amides is 2. The summed E-state index contributed by atoms with van der Waals surface area (Å²) in [7, 11) is 0. The summed E-state index contributed by atoms with van der Waals surface area (Å²) in [6.07, 6.45) is -4.88. The summed E-state index contributed by atoms with van der Waals surface area (Å²) in [5.74, 6) is -4.25. The predicted octanol–water partition coefficient (Wildman–Crippen LogP) is 8.28. The number of Topliss-reactive ketones (excluding diaryl/α,β-unsaturated/α-hetero) is 1. The van der Waals surface area contributed by atoms with Crippen molar-refractivity contribution in [3.63, 3.8) is 0 Å². The van der Waals surface area contributed by atoms with Gasteiger partial charge in [0, 0.05) is 56.1 Å². The lowest BCUT2D eigenvalue weighted by atomic mass is 9.84. The minimum Gasteiger partial charge on any atom is -0.463 e. The van der Waals surface area contributed by atoms with Gasteiger partial charge in [-0.1, -0.05) is 89.2 Å². The first kappa shape index (κ1) is 50.1. The van der Waals surface area contributed by atoms with Gasteiger partial charge in [-0.2, -0.15) is 0 Å². The van der Waals surface area contributed by atoms with Gasteiger partial charge in [0.15, 0.2) is 5.78 Å². The third kappa shape index (κ3) is 12.5. The molecule has 0 radical (unpaired) electrons. The molecule has 68 heavy (non-hydrogen) atoms. The molecule has 18 heteroatoms. The molecule has 2 N–H and O–H groups in total. The highest BCUT2D eigenvalue weighted by Crippen LogP contribution is 2.44. The van der Waals surface area contributed by atoms with Crippen LogP contribution in [0, 0.1) is 33.8 Å². The summed E-state index contributed by atoms with van der Waals surface area (Å²) in [4.78, 5) is 87.8. The molecule has 0 spiro atoms. The van der Waals surface area contributed by atoms with Gasteiger partial charge in [-0.15, -0.1) is 0 Å². The van der Waals surface area contributed by atoms with E-state index in [1.165, 1.54) is 50.2 Å². The molecule has 1 aliphatic carbocycles. The number of nitrogens with zero attached hydrogens (tertiary/aromatic N) is 1. The molecule has 1 heterocycles. The van der Waals surface area contributed by atoms with Gasteiger partial charge in [0.1, 0.15) is 43.5 Å². The Labute approximate surface area is 393 Å². The number of carbonyl (C=O) groups excluding carboxylic acids is 6. The molecule has 2 amide bonds. The number of hydrogen-bond acceptors (Lipinski definition) is 15. The normalized spacial score (nSPS) is 19.3. The molecule has 1 fully saturated rings. The molecule has 1 saturated heterocycles. The van der Waals surface area contributed by atoms with Gasteiger partial charge >= 0.3 is 24.2 Å². The van der Waals surface area contributed by atoms with Crippen molar-refractivity contribution >= 4 is 47.3 Å². The van der Waals surface area contributed by atoms with Crippen LogP contribution < -0.4 is 20.1 Å². The number of nitrogens with one attached hydrogen (secondary N) is 2. The first-order valence-corrected chi connectivity index (χ1v) is 22.2. The van der Waals surface area contributed by atoms with Crippen LogP contribution in [-0.4, -0.2) is 78.6 Å². The first-order valence-electron chi connectivity index (χ1n) is 22.2. The highest BCUT2D eigenvalue weighted by atomic mass is 16.7. The number of non-ortho nitro benzene ring substituents is 1. The van der Waals surface area contributed by atoms with Crippen LogP contribution in [0.2, 0.25) is 0 Å². The predicted molar refractivity (Wildman–Crippen MR) is 244 cm³/mol. The number of nitro groups is 1. The zero-order chi connectivity index (χ0) is 49.2. The van der Waals surface area contributed by atoms with Gasteiger partial charge < -0.3 is 43.8 Å². The number of ether oxygens (including phenoxy) is 7. The van der Waals surface area contributed by atoms with E-state index >= 15 is 0 Å². The number of esters is 2. The molecular formula is C50H55N3O15. The van der Waals surface area contributed by atoms with Crippen LogP contribution in [0.1, 0.15) is 77.5 Å². The van der Waals surface area contributed by atoms with Gasteiger partial charge in [-0.25, -0.2) is 9.59 Å². The molecule has 4 aromatic carbocycles. The van der Waals surface area contributed by atoms with E-state index in [0.29, 0.717) is 5.56 Å². The topological polar surface area (TPSA) is 234 Å². The Bertz CT molecular complexity index is 2460. The van der Waals surface area contributed by atoms with Crippen molar-refractivity contribution in [2.45, 2.75) is 92.0 Å². The molecule has 360 valence electrons. The summed E-state index contributed by atoms with van der Waals surface area (Å²) in [5.41, 5.74) is 4.59. The average Bonchev–Trinajstić information content (AvgIpc) is 3.62. The monoisotopic (exact) mass is 937 g/mol. The lowest BCUT2D eigenvalue weighted by molar-refractivity contribution is -0.384. The van der Waals surface area contributed by atoms with E-state index in [-0.39, 0.29) is 72.7 Å². The second-order valence-electron chi connectivity index (χ2n) is 17.2. The van der Waals surface area contributed by atoms with Crippen molar-refractivity contribution in [1.82, 2.24) is 5.32 Å². The summed E-state index contributed by atoms with van der Waals surface area (Å²) in [6.45, 7) is 10.7. The van der Waals surface area contributed by atoms with Crippen molar-refractivity contribution in [2.75, 3.05) is 18.5 Å². The molecule has 0 saturated carbocycles. The quantitative estimate of drug-likeness (QED) is 0.0314. The Morgan fingerprint density at radius 2 is 1.43 bits per heavy atom. The maximum absolute atomic E-state index is 13.9. The maximum Gasteiger partial charge on any atom is 0.514 e. The molecule has 7 atom stereocenters. The second kappa shape index (κ2) is 22.4. The summed E-state index contributed by atoms with van der Waals surface area (Å²) in [6, 6.07) is 24.3. The number of fused-ring (bicyclic) bond motifs is 3. The molecule has 2 aliphatic rings. The van der Waals surface area contributed by atoms with E-state index < -0.39 is 71.4 Å². The van der Waals surface area contributed by atoms with Gasteiger partial charge in [0.25, 0.3) is 5.69 Å². The van der Waals surface area contributed by atoms with Crippen LogP contribution in [-0.2, 0) is 49.5 Å². The van der Waals surface area contributed by atoms with E-state index in [1.54, 1.807) is 26.8 Å². The smallest absolute Gasteiger partial charge is 0.463 e. The van der Waals surface area contributed by atoms with Crippen LogP contribution in [0.4, 0.5) is 21.0 Å². The minimum absolute atomic E-state index is 0.0101. The fraction of sp³-hybridized carbons (Fsp3) is 0.400. The number of ketones is 1. The maximum atomic E-state index is 13.9. The molecule has 4 aromatic rings. The SMILES string of the molecule is CC(=O)OC[C@H]1O[C@@H](Oc2cc(COC(=O)Oc3ccc([N+](=O)[O-])cc3)ccc2NC(=O)[C@H](C)CC(=O)[C@@H](NC(=O)OCC2c3ccccc3-c3ccccc32)C(C)C)[C@H](C)[C@@H](C)[C@@H]1OC(C)=O. The number of rotatable bonds is 18. The number of nitro benzene ring substituents is 1. The zero-order valence-electron chi connectivity index (χ0n) is 38.8. The Morgan fingerprint density at radius 3 is 2.03 bits per heavy atom. The Hall–Kier alpha value is -7.34. The van der Waals surface area contributed by atoms with Crippen LogP contribution in [0.25, 0.3) is 11.1 Å². The van der Waals surface area contributed by atoms with Crippen LogP contribution in [0.15, 0.2) is 91.0 Å². The number of hydrogen-bond donors (Lipinski definition) is 2. The Balaban J connectivity index is 1.14. The van der Waals surface area contributed by atoms with E-state index in [4.69, 9.17) is 33.2 Å². The zero-order valence-corrected chi connectivity index (χ0v) is 38.8. The molecule has 1 aliphatic heterocycles. The standard InChI is InChI=1S/C50H55N3O15/c1-27(2)45(52-49(58)63-25-40-38-14-10-8-12-36(38)37-13-9-11-15-39(37)40)42(56)22-28(3)47(57)51-41-21-16-33(24-64-50(59)66-35-19-17-34(18-20-35)53(60)61)23-43(41)67-48-30(5)29(4)46(65-32(7)55)44(68-48)26-62-31(6)54/h8-21,23,27-30,40,44-46,48H,22,24-26H2,1-7H3,(H,51,57)(H,52,58)/t28-,29-,30-,44-,45+,46+,48-/m1/s1. The van der Waals surface area contributed by atoms with E-state index in [0.717, 1.165) is 22.3 Å². The lowest BCUT2D eigenvalue weighted by Crippen LogP contribution is -2.54. The molecule has 0 unspecified atom stereocenters. The molecular weight excluding hydrogens is 883 g/mol. The molecule has 0 bridgehead atoms. The molecule has 18 nitrogen and oxygen atoms in total. The summed E-state index contributed by atoms with van der Waals surface area (Å²) >= 11 is 0. The summed E-state index contributed by atoms with van der Waals surface area (Å²) in [5, 5.41) is 16.6. The van der Waals surface area contributed by atoms with Crippen molar-refractivity contribution in [3.8, 4) is 22.6 Å². The van der Waals surface area contributed by atoms with Crippen LogP contribution in [0.3, 0.4) is 0 Å². The fourth-order valence-electron chi connectivity index (χ4n) is 8.15. The third-order valence-corrected chi connectivity index (χ3v) is 11.9. The van der Waals surface area contributed by atoms with Gasteiger partial charge in [0.05, 0.1) is 16.7 Å². The number of carbonyl (C=O) groups is 6. The van der Waals surface area contributed by atoms with Crippen molar-refractivity contribution in [2.24, 2.45) is 23.7 Å². The minimum atomic E-state index is -1.10. The highest BCUT2D eigenvalue weighted by Gasteiger charge is 2.45. The summed E-state index contributed by atoms with van der Waals surface area (Å²) < 4.78 is 39.7. The average molecular weight is 938 g/mol. The van der Waals surface area contributed by atoms with E-state index in [1.807, 2.05) is 62.4 Å². The van der Waals surface area contributed by atoms with Crippen molar-refractivity contribution < 1.29 is 66.8 Å². The largest absolute Gasteiger partial charge is 0.514 e. The fourth-order valence-corrected chi connectivity index (χ4v) is 8.15. The number of anilines is 1. The number of benzene rings is 4. The van der Waals surface area contributed by atoms with Gasteiger partial charge in [-0.3, -0.25) is 29.3 Å². The van der Waals surface area contributed by atoms with Crippen LogP contribution in [0.5, 0.6) is 11.5 Å². The molecule has 6 rings (SSSR count). The van der Waals surface area contributed by atoms with E-state index in [9.17, 15) is 38.9 Å². The van der Waals surface area contributed by atoms with Gasteiger partial charge in [0.2, 0.25) is 12.2 Å². The van der Waals surface area contributed by atoms with Crippen molar-refractivity contribution in [3.05, 3.63) is 118 Å². The Kier molecular flexibility index (Phi) is 16.5. The first-order chi connectivity index (χ1) is 32.4. The highest BCUT2D eigenvalue weighted by molar-refractivity contribution is 5.98.